The molecule has 100 valence electrons. The molecular weight excluding hydrogens is 210 g/mol. The highest BCUT2D eigenvalue weighted by atomic mass is 16.7. The van der Waals surface area contributed by atoms with Crippen LogP contribution in [0.2, 0.25) is 0 Å². The van der Waals surface area contributed by atoms with Crippen molar-refractivity contribution in [3.63, 3.8) is 0 Å². The highest BCUT2D eigenvalue weighted by Crippen LogP contribution is 2.38. The van der Waals surface area contributed by atoms with Gasteiger partial charge in [0, 0.05) is 6.04 Å². The Labute approximate surface area is 106 Å². The maximum absolute atomic E-state index is 5.92. The third-order valence-corrected chi connectivity index (χ3v) is 4.57. The topological polar surface area (TPSA) is 21.3 Å². The second-order valence-corrected chi connectivity index (χ2v) is 7.01. The van der Waals surface area contributed by atoms with Gasteiger partial charge in [-0.2, -0.15) is 5.48 Å². The average molecular weight is 239 g/mol. The van der Waals surface area contributed by atoms with E-state index in [1.165, 1.54) is 51.4 Å². The number of rotatable bonds is 3. The number of hydroxylamine groups is 1. The van der Waals surface area contributed by atoms with E-state index in [-0.39, 0.29) is 0 Å². The van der Waals surface area contributed by atoms with Crippen LogP contribution in [0.15, 0.2) is 0 Å². The van der Waals surface area contributed by atoms with Crippen molar-refractivity contribution in [1.82, 2.24) is 5.48 Å². The van der Waals surface area contributed by atoms with E-state index in [0.29, 0.717) is 17.6 Å². The highest BCUT2D eigenvalue weighted by Gasteiger charge is 2.34. The Balaban J connectivity index is 1.83. The summed E-state index contributed by atoms with van der Waals surface area (Å²) >= 11 is 0. The van der Waals surface area contributed by atoms with Crippen LogP contribution in [0.3, 0.4) is 0 Å². The van der Waals surface area contributed by atoms with E-state index in [1.807, 2.05) is 0 Å². The third kappa shape index (κ3) is 3.69. The first-order valence-electron chi connectivity index (χ1n) is 7.48. The van der Waals surface area contributed by atoms with E-state index in [2.05, 4.69) is 26.3 Å². The van der Waals surface area contributed by atoms with Crippen LogP contribution in [0.5, 0.6) is 0 Å². The van der Waals surface area contributed by atoms with Crippen LogP contribution in [0.1, 0.15) is 72.1 Å². The molecule has 2 nitrogen and oxygen atoms in total. The van der Waals surface area contributed by atoms with Crippen molar-refractivity contribution < 1.29 is 4.84 Å². The van der Waals surface area contributed by atoms with E-state index < -0.39 is 0 Å². The minimum Gasteiger partial charge on any atom is -0.298 e. The quantitative estimate of drug-likeness (QED) is 0.750. The molecule has 0 spiro atoms. The molecule has 17 heavy (non-hydrogen) atoms. The second-order valence-electron chi connectivity index (χ2n) is 7.01. The molecule has 2 aliphatic carbocycles. The summed E-state index contributed by atoms with van der Waals surface area (Å²) < 4.78 is 0. The predicted octanol–water partition coefficient (Wildman–Crippen LogP) is 4.06. The molecule has 2 unspecified atom stereocenters. The van der Waals surface area contributed by atoms with Crippen molar-refractivity contribution >= 4 is 0 Å². The van der Waals surface area contributed by atoms with Gasteiger partial charge < -0.3 is 0 Å². The van der Waals surface area contributed by atoms with E-state index in [4.69, 9.17) is 4.84 Å². The predicted molar refractivity (Wildman–Crippen MR) is 71.7 cm³/mol. The summed E-state index contributed by atoms with van der Waals surface area (Å²) in [6.07, 6.45) is 11.1. The zero-order chi connectivity index (χ0) is 12.3. The van der Waals surface area contributed by atoms with Crippen LogP contribution in [0.4, 0.5) is 0 Å². The maximum Gasteiger partial charge on any atom is 0.0790 e. The molecule has 0 bridgehead atoms. The van der Waals surface area contributed by atoms with Gasteiger partial charge in [0.05, 0.1) is 6.10 Å². The first kappa shape index (κ1) is 13.4. The maximum atomic E-state index is 5.92. The molecule has 0 aromatic rings. The first-order chi connectivity index (χ1) is 8.07. The Kier molecular flexibility index (Phi) is 4.48. The van der Waals surface area contributed by atoms with Crippen LogP contribution in [-0.4, -0.2) is 12.1 Å². The minimum absolute atomic E-state index is 0.400. The lowest BCUT2D eigenvalue weighted by molar-refractivity contribution is -0.0698. The second kappa shape index (κ2) is 5.71. The van der Waals surface area contributed by atoms with Crippen LogP contribution in [-0.2, 0) is 4.84 Å². The summed E-state index contributed by atoms with van der Waals surface area (Å²) in [5.74, 6) is 0.762. The van der Waals surface area contributed by atoms with Gasteiger partial charge >= 0.3 is 0 Å². The Hall–Kier alpha value is -0.0800. The summed E-state index contributed by atoms with van der Waals surface area (Å²) in [5, 5.41) is 0. The van der Waals surface area contributed by atoms with E-state index >= 15 is 0 Å². The fraction of sp³-hybridized carbons (Fsp3) is 1.00. The zero-order valence-electron chi connectivity index (χ0n) is 11.8. The Bertz CT molecular complexity index is 228. The molecule has 0 radical (unpaired) electrons. The molecule has 2 fully saturated rings. The highest BCUT2D eigenvalue weighted by molar-refractivity contribution is 4.86. The van der Waals surface area contributed by atoms with Crippen LogP contribution in [0, 0.1) is 11.3 Å². The monoisotopic (exact) mass is 239 g/mol. The van der Waals surface area contributed by atoms with E-state index in [0.717, 1.165) is 5.92 Å². The molecule has 2 atom stereocenters. The molecule has 0 aromatic carbocycles. The fourth-order valence-corrected chi connectivity index (χ4v) is 3.50. The van der Waals surface area contributed by atoms with Crippen LogP contribution >= 0.6 is 0 Å². The van der Waals surface area contributed by atoms with Gasteiger partial charge in [-0.25, -0.2) is 0 Å². The summed E-state index contributed by atoms with van der Waals surface area (Å²) in [4.78, 5) is 5.92. The standard InChI is InChI=1S/C15H29NO/c1-15(2,3)13-10-6-7-11-14(13)16-17-12-8-4-5-9-12/h12-14,16H,4-11H2,1-3H3. The average Bonchev–Trinajstić information content (AvgIpc) is 2.78. The zero-order valence-corrected chi connectivity index (χ0v) is 11.8. The van der Waals surface area contributed by atoms with Gasteiger partial charge in [0.2, 0.25) is 0 Å². The van der Waals surface area contributed by atoms with Crippen molar-refractivity contribution in [3.8, 4) is 0 Å². The van der Waals surface area contributed by atoms with E-state index in [9.17, 15) is 0 Å². The molecule has 1 N–H and O–H groups in total. The summed E-state index contributed by atoms with van der Waals surface area (Å²) in [7, 11) is 0. The van der Waals surface area contributed by atoms with Crippen molar-refractivity contribution in [2.75, 3.05) is 0 Å². The molecule has 0 saturated heterocycles. The molecule has 2 aliphatic rings. The molecule has 0 heterocycles. The van der Waals surface area contributed by atoms with Gasteiger partial charge in [-0.15, -0.1) is 0 Å². The normalized spacial score (nSPS) is 31.9. The largest absolute Gasteiger partial charge is 0.298 e. The summed E-state index contributed by atoms with van der Waals surface area (Å²) in [5.41, 5.74) is 3.82. The molecule has 0 aromatic heterocycles. The Morgan fingerprint density at radius 3 is 2.12 bits per heavy atom. The summed E-state index contributed by atoms with van der Waals surface area (Å²) in [6, 6.07) is 0.573. The lowest BCUT2D eigenvalue weighted by Crippen LogP contribution is -2.45. The van der Waals surface area contributed by atoms with Gasteiger partial charge in [-0.1, -0.05) is 46.5 Å². The van der Waals surface area contributed by atoms with Crippen molar-refractivity contribution in [3.05, 3.63) is 0 Å². The fourth-order valence-electron chi connectivity index (χ4n) is 3.50. The number of hydrogen-bond acceptors (Lipinski definition) is 2. The Morgan fingerprint density at radius 2 is 1.47 bits per heavy atom. The van der Waals surface area contributed by atoms with Crippen molar-refractivity contribution in [1.29, 1.82) is 0 Å². The Morgan fingerprint density at radius 1 is 0.882 bits per heavy atom. The van der Waals surface area contributed by atoms with Gasteiger partial charge in [0.25, 0.3) is 0 Å². The molecule has 0 aliphatic heterocycles. The summed E-state index contributed by atoms with van der Waals surface area (Å²) in [6.45, 7) is 7.10. The molecular formula is C15H29NO. The number of hydrogen-bond donors (Lipinski definition) is 1. The molecule has 0 amide bonds. The smallest absolute Gasteiger partial charge is 0.0790 e. The van der Waals surface area contributed by atoms with Crippen LogP contribution in [0.25, 0.3) is 0 Å². The molecule has 2 saturated carbocycles. The van der Waals surface area contributed by atoms with Gasteiger partial charge in [0.15, 0.2) is 0 Å². The van der Waals surface area contributed by atoms with E-state index in [1.54, 1.807) is 0 Å². The SMILES string of the molecule is CC(C)(C)C1CCCCC1NOC1CCCC1. The lowest BCUT2D eigenvalue weighted by Gasteiger charge is -2.40. The molecule has 2 rings (SSSR count). The first-order valence-corrected chi connectivity index (χ1v) is 7.48. The van der Waals surface area contributed by atoms with Crippen molar-refractivity contribution in [2.24, 2.45) is 11.3 Å². The third-order valence-electron chi connectivity index (χ3n) is 4.57. The van der Waals surface area contributed by atoms with Crippen molar-refractivity contribution in [2.45, 2.75) is 84.3 Å². The van der Waals surface area contributed by atoms with Crippen LogP contribution < -0.4 is 5.48 Å². The van der Waals surface area contributed by atoms with Gasteiger partial charge in [-0.05, 0) is 37.0 Å². The lowest BCUT2D eigenvalue weighted by atomic mass is 9.70. The number of nitrogens with one attached hydrogen (secondary N) is 1. The van der Waals surface area contributed by atoms with Gasteiger partial charge in [0.1, 0.15) is 0 Å². The molecule has 2 heteroatoms. The minimum atomic E-state index is 0.400. The van der Waals surface area contributed by atoms with Gasteiger partial charge in [-0.3, -0.25) is 4.84 Å².